The fraction of sp³-hybridized carbons (Fsp3) is 0.360. The summed E-state index contributed by atoms with van der Waals surface area (Å²) in [6.07, 6.45) is 4.37. The quantitative estimate of drug-likeness (QED) is 0.417. The number of benzene rings is 1. The minimum Gasteiger partial charge on any atom is -0.497 e. The van der Waals surface area contributed by atoms with Gasteiger partial charge in [-0.2, -0.15) is 5.26 Å². The molecular weight excluding hydrogens is 416 g/mol. The highest BCUT2D eigenvalue weighted by Gasteiger charge is 2.24. The van der Waals surface area contributed by atoms with Crippen LogP contribution in [-0.2, 0) is 4.79 Å². The van der Waals surface area contributed by atoms with Crippen molar-refractivity contribution in [3.8, 4) is 11.8 Å². The molecular formula is C25H30N6O2. The third-order valence-corrected chi connectivity index (χ3v) is 5.90. The van der Waals surface area contributed by atoms with Gasteiger partial charge in [0.05, 0.1) is 12.8 Å². The van der Waals surface area contributed by atoms with Crippen molar-refractivity contribution < 1.29 is 9.53 Å². The predicted octanol–water partition coefficient (Wildman–Crippen LogP) is 2.98. The first kappa shape index (κ1) is 24.0. The number of nitrogens with one attached hydrogen (secondary N) is 1. The molecule has 8 heteroatoms. The molecule has 1 aromatic carbocycles. The van der Waals surface area contributed by atoms with Crippen molar-refractivity contribution in [3.63, 3.8) is 0 Å². The summed E-state index contributed by atoms with van der Waals surface area (Å²) in [5.41, 5.74) is 3.69. The Labute approximate surface area is 195 Å². The lowest BCUT2D eigenvalue weighted by molar-refractivity contribution is -0.114. The molecule has 1 amide bonds. The number of amides is 1. The lowest BCUT2D eigenvalue weighted by Crippen LogP contribution is -2.49. The van der Waals surface area contributed by atoms with Gasteiger partial charge in [0.1, 0.15) is 17.5 Å². The molecule has 1 fully saturated rings. The molecule has 8 nitrogen and oxygen atoms in total. The van der Waals surface area contributed by atoms with Gasteiger partial charge in [-0.15, -0.1) is 0 Å². The number of likely N-dealkylation sites (tertiary alicyclic amines) is 1. The number of piperidine rings is 1. The molecule has 1 N–H and O–H groups in total. The van der Waals surface area contributed by atoms with Crippen LogP contribution >= 0.6 is 0 Å². The summed E-state index contributed by atoms with van der Waals surface area (Å²) in [6, 6.07) is 13.8. The van der Waals surface area contributed by atoms with Gasteiger partial charge in [-0.3, -0.25) is 9.69 Å². The van der Waals surface area contributed by atoms with Crippen LogP contribution in [0.25, 0.3) is 11.3 Å². The average molecular weight is 447 g/mol. The molecule has 2 aromatic rings. The number of methoxy groups -OCH3 is 1. The number of aromatic nitrogens is 1. The number of nitriles is 1. The maximum atomic E-state index is 11.7. The first-order valence-electron chi connectivity index (χ1n) is 10.9. The van der Waals surface area contributed by atoms with E-state index in [-0.39, 0.29) is 0 Å². The lowest BCUT2D eigenvalue weighted by atomic mass is 10.0. The predicted molar refractivity (Wildman–Crippen MR) is 129 cm³/mol. The summed E-state index contributed by atoms with van der Waals surface area (Å²) >= 11 is 0. The molecule has 33 heavy (non-hydrogen) atoms. The van der Waals surface area contributed by atoms with Gasteiger partial charge < -0.3 is 15.0 Å². The molecule has 0 atom stereocenters. The molecule has 0 saturated carbocycles. The molecule has 1 aromatic heterocycles. The van der Waals surface area contributed by atoms with Gasteiger partial charge in [0.25, 0.3) is 0 Å². The van der Waals surface area contributed by atoms with E-state index in [4.69, 9.17) is 15.0 Å². The highest BCUT2D eigenvalue weighted by atomic mass is 16.5. The van der Waals surface area contributed by atoms with Crippen LogP contribution in [0.1, 0.15) is 36.6 Å². The summed E-state index contributed by atoms with van der Waals surface area (Å²) in [7, 11) is 5.33. The number of carbonyl (C=O) groups is 1. The summed E-state index contributed by atoms with van der Waals surface area (Å²) in [5.74, 6) is 1.36. The van der Waals surface area contributed by atoms with E-state index >= 15 is 0 Å². The number of nitrogens with zero attached hydrogens (tertiary/aromatic N) is 5. The normalized spacial score (nSPS) is 15.5. The fourth-order valence-corrected chi connectivity index (χ4v) is 3.83. The van der Waals surface area contributed by atoms with Crippen LogP contribution in [0.4, 0.5) is 0 Å². The molecule has 1 aliphatic rings. The van der Waals surface area contributed by atoms with Crippen molar-refractivity contribution >= 4 is 23.6 Å². The van der Waals surface area contributed by atoms with Crippen molar-refractivity contribution in [2.24, 2.45) is 4.99 Å². The summed E-state index contributed by atoms with van der Waals surface area (Å²) in [6.45, 7) is 3.58. The fourth-order valence-electron chi connectivity index (χ4n) is 3.83. The Morgan fingerprint density at radius 1 is 1.24 bits per heavy atom. The van der Waals surface area contributed by atoms with Crippen LogP contribution in [0.3, 0.4) is 0 Å². The number of allylic oxidation sites excluding steroid dienone is 1. The number of ether oxygens (including phenoxy) is 1. The summed E-state index contributed by atoms with van der Waals surface area (Å²) < 4.78 is 5.29. The van der Waals surface area contributed by atoms with Crippen molar-refractivity contribution in [1.29, 1.82) is 5.26 Å². The van der Waals surface area contributed by atoms with E-state index in [9.17, 15) is 4.79 Å². The maximum absolute atomic E-state index is 11.7. The topological polar surface area (TPSA) is 93.8 Å². The Morgan fingerprint density at radius 3 is 2.42 bits per heavy atom. The van der Waals surface area contributed by atoms with Crippen LogP contribution in [0.2, 0.25) is 0 Å². The van der Waals surface area contributed by atoms with Gasteiger partial charge in [0.2, 0.25) is 12.4 Å². The molecule has 1 saturated heterocycles. The number of aliphatic imine (C=N–C) groups is 1. The van der Waals surface area contributed by atoms with Crippen LogP contribution < -0.4 is 10.1 Å². The first-order valence-corrected chi connectivity index (χ1v) is 10.9. The van der Waals surface area contributed by atoms with E-state index < -0.39 is 0 Å². The van der Waals surface area contributed by atoms with Crippen molar-refractivity contribution in [2.75, 3.05) is 34.3 Å². The lowest BCUT2D eigenvalue weighted by Gasteiger charge is -2.36. The Morgan fingerprint density at radius 2 is 1.91 bits per heavy atom. The third kappa shape index (κ3) is 5.76. The minimum atomic E-state index is 0.337. The second-order valence-electron chi connectivity index (χ2n) is 7.92. The number of rotatable bonds is 6. The molecule has 3 rings (SSSR count). The molecule has 0 radical (unpaired) electrons. The van der Waals surface area contributed by atoms with Gasteiger partial charge in [-0.1, -0.05) is 12.1 Å². The third-order valence-electron chi connectivity index (χ3n) is 5.90. The minimum absolute atomic E-state index is 0.337. The monoisotopic (exact) mass is 446 g/mol. The van der Waals surface area contributed by atoms with Crippen LogP contribution in [0.5, 0.6) is 5.75 Å². The van der Waals surface area contributed by atoms with E-state index in [0.29, 0.717) is 23.4 Å². The summed E-state index contributed by atoms with van der Waals surface area (Å²) in [5, 5.41) is 12.5. The highest BCUT2D eigenvalue weighted by molar-refractivity contribution is 5.98. The standard InChI is InChI=1S/C25H30N6O2/c1-18(19-6-9-23(33-4)10-7-19)24(20-5-8-22(15-26)28-16-20)29-25(30(3)17-32)31-13-11-21(27-2)12-14-31/h5-10,16-17,21,27H,11-14H2,1-4H3/b24-18+,29-25?. The Kier molecular flexibility index (Phi) is 8.17. The largest absolute Gasteiger partial charge is 0.497 e. The Balaban J connectivity index is 2.11. The number of hydrogen-bond acceptors (Lipinski definition) is 6. The van der Waals surface area contributed by atoms with E-state index in [1.54, 1.807) is 26.4 Å². The Bertz CT molecular complexity index is 1050. The zero-order chi connectivity index (χ0) is 23.8. The Hall–Kier alpha value is -3.70. The molecule has 172 valence electrons. The van der Waals surface area contributed by atoms with Crippen LogP contribution in [0, 0.1) is 11.3 Å². The van der Waals surface area contributed by atoms with Crippen molar-refractivity contribution in [3.05, 3.63) is 59.4 Å². The molecule has 0 unspecified atom stereocenters. The number of carbonyl (C=O) groups excluding carboxylic acids is 1. The van der Waals surface area contributed by atoms with Crippen molar-refractivity contribution in [2.45, 2.75) is 25.8 Å². The van der Waals surface area contributed by atoms with E-state index in [1.807, 2.05) is 44.3 Å². The zero-order valence-corrected chi connectivity index (χ0v) is 19.6. The molecule has 1 aliphatic heterocycles. The number of guanidine groups is 1. The van der Waals surface area contributed by atoms with Crippen molar-refractivity contribution in [1.82, 2.24) is 20.1 Å². The summed E-state index contributed by atoms with van der Waals surface area (Å²) in [4.78, 5) is 24.6. The molecule has 0 bridgehead atoms. The average Bonchev–Trinajstić information content (AvgIpc) is 2.89. The first-order chi connectivity index (χ1) is 16.0. The highest BCUT2D eigenvalue weighted by Crippen LogP contribution is 2.29. The number of hydrogen-bond donors (Lipinski definition) is 1. The van der Waals surface area contributed by atoms with Gasteiger partial charge >= 0.3 is 0 Å². The second kappa shape index (κ2) is 11.2. The van der Waals surface area contributed by atoms with E-state index in [1.165, 1.54) is 4.90 Å². The van der Waals surface area contributed by atoms with Crippen LogP contribution in [-0.4, -0.2) is 67.5 Å². The van der Waals surface area contributed by atoms with Gasteiger partial charge in [0, 0.05) is 37.9 Å². The van der Waals surface area contributed by atoms with Gasteiger partial charge in [-0.25, -0.2) is 9.98 Å². The van der Waals surface area contributed by atoms with E-state index in [0.717, 1.165) is 54.8 Å². The number of pyridine rings is 1. The second-order valence-corrected chi connectivity index (χ2v) is 7.92. The maximum Gasteiger partial charge on any atom is 0.216 e. The SMILES string of the molecule is CNC1CCN(C(=N/C(=C(\C)c2ccc(OC)cc2)c2ccc(C#N)nc2)N(C)C=O)CC1. The smallest absolute Gasteiger partial charge is 0.216 e. The molecule has 0 aliphatic carbocycles. The van der Waals surface area contributed by atoms with Gasteiger partial charge in [0.15, 0.2) is 0 Å². The van der Waals surface area contributed by atoms with E-state index in [2.05, 4.69) is 21.3 Å². The molecule has 2 heterocycles. The van der Waals surface area contributed by atoms with Gasteiger partial charge in [-0.05, 0) is 62.2 Å². The van der Waals surface area contributed by atoms with Crippen LogP contribution in [0.15, 0.2) is 47.6 Å². The molecule has 0 spiro atoms. The zero-order valence-electron chi connectivity index (χ0n) is 19.6.